The Morgan fingerprint density at radius 1 is 1.43 bits per heavy atom. The normalized spacial score (nSPS) is 26.4. The van der Waals surface area contributed by atoms with Crippen LogP contribution in [-0.4, -0.2) is 17.0 Å². The van der Waals surface area contributed by atoms with E-state index in [1.165, 1.54) is 12.2 Å². The summed E-state index contributed by atoms with van der Waals surface area (Å²) in [5, 5.41) is 5.08. The molecule has 1 fully saturated rings. The number of nitrogens with one attached hydrogen (secondary N) is 1. The highest BCUT2D eigenvalue weighted by Gasteiger charge is 2.21. The lowest BCUT2D eigenvalue weighted by Gasteiger charge is -2.14. The maximum atomic E-state index is 6.07. The number of hydrogen-bond acceptors (Lipinski definition) is 2. The lowest BCUT2D eigenvalue weighted by atomic mass is 10.2. The van der Waals surface area contributed by atoms with Gasteiger partial charge in [0.05, 0.1) is 10.7 Å². The van der Waals surface area contributed by atoms with E-state index in [0.717, 1.165) is 16.0 Å². The molecule has 0 radical (unpaired) electrons. The highest BCUT2D eigenvalue weighted by atomic mass is 35.5. The van der Waals surface area contributed by atoms with Gasteiger partial charge in [0.1, 0.15) is 0 Å². The molecule has 0 aromatic heterocycles. The number of para-hydroxylation sites is 1. The van der Waals surface area contributed by atoms with Gasteiger partial charge in [0.2, 0.25) is 0 Å². The summed E-state index contributed by atoms with van der Waals surface area (Å²) in [6, 6.07) is 8.51. The van der Waals surface area contributed by atoms with Crippen LogP contribution in [0.1, 0.15) is 13.3 Å². The fraction of sp³-hybridized carbons (Fsp3) is 0.455. The van der Waals surface area contributed by atoms with Gasteiger partial charge in [0.25, 0.3) is 0 Å². The number of halogens is 1. The lowest BCUT2D eigenvalue weighted by molar-refractivity contribution is 0.747. The summed E-state index contributed by atoms with van der Waals surface area (Å²) in [6.45, 7) is 2.28. The summed E-state index contributed by atoms with van der Waals surface area (Å²) in [5.41, 5.74) is 1.06. The van der Waals surface area contributed by atoms with Crippen molar-refractivity contribution < 1.29 is 0 Å². The Hall–Kier alpha value is -0.340. The summed E-state index contributed by atoms with van der Waals surface area (Å²) in [6.07, 6.45) is 1.23. The van der Waals surface area contributed by atoms with Crippen LogP contribution in [0, 0.1) is 0 Å². The van der Waals surface area contributed by atoms with Crippen molar-refractivity contribution in [1.82, 2.24) is 0 Å². The van der Waals surface area contributed by atoms with E-state index >= 15 is 0 Å². The van der Waals surface area contributed by atoms with Crippen molar-refractivity contribution in [3.63, 3.8) is 0 Å². The van der Waals surface area contributed by atoms with Crippen LogP contribution in [0.4, 0.5) is 5.69 Å². The van der Waals surface area contributed by atoms with Crippen LogP contribution in [0.3, 0.4) is 0 Å². The summed E-state index contributed by atoms with van der Waals surface area (Å²) in [4.78, 5) is 0. The van der Waals surface area contributed by atoms with Crippen LogP contribution in [0.25, 0.3) is 0 Å². The van der Waals surface area contributed by atoms with Crippen molar-refractivity contribution >= 4 is 29.1 Å². The minimum absolute atomic E-state index is 0.579. The van der Waals surface area contributed by atoms with Crippen LogP contribution in [0.15, 0.2) is 24.3 Å². The predicted octanol–water partition coefficient (Wildman–Crippen LogP) is 3.65. The van der Waals surface area contributed by atoms with E-state index in [-0.39, 0.29) is 0 Å². The fourth-order valence-electron chi connectivity index (χ4n) is 1.72. The summed E-state index contributed by atoms with van der Waals surface area (Å²) in [7, 11) is 0. The summed E-state index contributed by atoms with van der Waals surface area (Å²) < 4.78 is 0. The first-order chi connectivity index (χ1) is 6.75. The van der Waals surface area contributed by atoms with E-state index < -0.39 is 0 Å². The van der Waals surface area contributed by atoms with E-state index in [0.29, 0.717) is 6.04 Å². The van der Waals surface area contributed by atoms with Crippen molar-refractivity contribution in [2.75, 3.05) is 11.1 Å². The van der Waals surface area contributed by atoms with Gasteiger partial charge in [0, 0.05) is 17.0 Å². The van der Waals surface area contributed by atoms with Gasteiger partial charge in [-0.2, -0.15) is 11.8 Å². The molecule has 0 saturated carbocycles. The summed E-state index contributed by atoms with van der Waals surface area (Å²) >= 11 is 8.09. The Morgan fingerprint density at radius 2 is 2.21 bits per heavy atom. The Bertz CT molecular complexity index is 316. The van der Waals surface area contributed by atoms with Crippen molar-refractivity contribution in [3.8, 4) is 0 Å². The van der Waals surface area contributed by atoms with Gasteiger partial charge in [0.15, 0.2) is 0 Å². The smallest absolute Gasteiger partial charge is 0.0637 e. The maximum Gasteiger partial charge on any atom is 0.0637 e. The van der Waals surface area contributed by atoms with Crippen LogP contribution in [0.5, 0.6) is 0 Å². The Morgan fingerprint density at radius 3 is 2.86 bits per heavy atom. The van der Waals surface area contributed by atoms with Gasteiger partial charge in [-0.15, -0.1) is 0 Å². The lowest BCUT2D eigenvalue weighted by Crippen LogP contribution is -2.18. The number of anilines is 1. The van der Waals surface area contributed by atoms with Gasteiger partial charge >= 0.3 is 0 Å². The van der Waals surface area contributed by atoms with Gasteiger partial charge < -0.3 is 5.32 Å². The first-order valence-corrected chi connectivity index (χ1v) is 6.31. The number of benzene rings is 1. The average Bonchev–Trinajstić information content (AvgIpc) is 2.56. The minimum Gasteiger partial charge on any atom is -0.380 e. The second kappa shape index (κ2) is 4.45. The molecule has 14 heavy (non-hydrogen) atoms. The third kappa shape index (κ3) is 2.37. The van der Waals surface area contributed by atoms with E-state index in [9.17, 15) is 0 Å². The quantitative estimate of drug-likeness (QED) is 0.828. The molecule has 2 rings (SSSR count). The minimum atomic E-state index is 0.579. The zero-order chi connectivity index (χ0) is 9.97. The third-order valence-corrected chi connectivity index (χ3v) is 4.12. The van der Waals surface area contributed by atoms with Crippen molar-refractivity contribution in [3.05, 3.63) is 29.3 Å². The predicted molar refractivity (Wildman–Crippen MR) is 65.4 cm³/mol. The first-order valence-electron chi connectivity index (χ1n) is 4.88. The molecular formula is C11H14ClNS. The largest absolute Gasteiger partial charge is 0.380 e. The number of rotatable bonds is 2. The standard InChI is InChI=1S/C11H14ClNS/c1-8-6-9(7-14-8)13-11-5-3-2-4-10(11)12/h2-5,8-9,13H,6-7H2,1H3. The molecule has 0 aliphatic carbocycles. The third-order valence-electron chi connectivity index (χ3n) is 2.43. The van der Waals surface area contributed by atoms with Gasteiger partial charge in [-0.05, 0) is 18.6 Å². The molecule has 1 N–H and O–H groups in total. The molecule has 1 aliphatic heterocycles. The molecular weight excluding hydrogens is 214 g/mol. The molecule has 2 atom stereocenters. The number of thioether (sulfide) groups is 1. The zero-order valence-corrected chi connectivity index (χ0v) is 9.74. The van der Waals surface area contributed by atoms with E-state index in [1.807, 2.05) is 36.0 Å². The maximum absolute atomic E-state index is 6.07. The zero-order valence-electron chi connectivity index (χ0n) is 8.16. The molecule has 0 amide bonds. The van der Waals surface area contributed by atoms with Crippen LogP contribution >= 0.6 is 23.4 Å². The fourth-order valence-corrected chi connectivity index (χ4v) is 3.05. The molecule has 0 bridgehead atoms. The van der Waals surface area contributed by atoms with E-state index in [1.54, 1.807) is 0 Å². The Balaban J connectivity index is 2.01. The molecule has 2 unspecified atom stereocenters. The van der Waals surface area contributed by atoms with Crippen LogP contribution in [-0.2, 0) is 0 Å². The molecule has 1 heterocycles. The molecule has 1 aromatic rings. The molecule has 1 aliphatic rings. The second-order valence-corrected chi connectivity index (χ2v) is 5.58. The topological polar surface area (TPSA) is 12.0 Å². The average molecular weight is 228 g/mol. The Labute approximate surface area is 94.2 Å². The van der Waals surface area contributed by atoms with Gasteiger partial charge in [-0.25, -0.2) is 0 Å². The van der Waals surface area contributed by atoms with E-state index in [4.69, 9.17) is 11.6 Å². The Kier molecular flexibility index (Phi) is 3.24. The van der Waals surface area contributed by atoms with Crippen LogP contribution < -0.4 is 5.32 Å². The SMILES string of the molecule is CC1CC(Nc2ccccc2Cl)CS1. The van der Waals surface area contributed by atoms with Crippen LogP contribution in [0.2, 0.25) is 5.02 Å². The van der Waals surface area contributed by atoms with Crippen molar-refractivity contribution in [2.45, 2.75) is 24.6 Å². The van der Waals surface area contributed by atoms with Crippen molar-refractivity contribution in [1.29, 1.82) is 0 Å². The van der Waals surface area contributed by atoms with Gasteiger partial charge in [-0.1, -0.05) is 30.7 Å². The molecule has 1 aromatic carbocycles. The first kappa shape index (κ1) is 10.2. The van der Waals surface area contributed by atoms with E-state index in [2.05, 4.69) is 12.2 Å². The number of hydrogen-bond donors (Lipinski definition) is 1. The highest BCUT2D eigenvalue weighted by molar-refractivity contribution is 8.00. The monoisotopic (exact) mass is 227 g/mol. The molecule has 76 valence electrons. The molecule has 0 spiro atoms. The second-order valence-electron chi connectivity index (χ2n) is 3.70. The highest BCUT2D eigenvalue weighted by Crippen LogP contribution is 2.30. The van der Waals surface area contributed by atoms with Gasteiger partial charge in [-0.3, -0.25) is 0 Å². The summed E-state index contributed by atoms with van der Waals surface area (Å²) in [5.74, 6) is 1.19. The molecule has 3 heteroatoms. The molecule has 1 saturated heterocycles. The van der Waals surface area contributed by atoms with Crippen molar-refractivity contribution in [2.24, 2.45) is 0 Å². The molecule has 1 nitrogen and oxygen atoms in total.